The summed E-state index contributed by atoms with van der Waals surface area (Å²) in [5, 5.41) is 29.3. The van der Waals surface area contributed by atoms with E-state index < -0.39 is 36.2 Å². The third-order valence-electron chi connectivity index (χ3n) is 3.58. The van der Waals surface area contributed by atoms with Crippen LogP contribution in [0.5, 0.6) is 0 Å². The van der Waals surface area contributed by atoms with Crippen LogP contribution in [0.4, 0.5) is 0 Å². The lowest BCUT2D eigenvalue weighted by Gasteiger charge is -2.24. The van der Waals surface area contributed by atoms with Crippen LogP contribution in [0.2, 0.25) is 0 Å². The molecule has 1 fully saturated rings. The first-order valence-corrected chi connectivity index (χ1v) is 6.03. The summed E-state index contributed by atoms with van der Waals surface area (Å²) in [5.74, 6) is 0. The summed E-state index contributed by atoms with van der Waals surface area (Å²) in [5.41, 5.74) is -1.36. The number of aliphatic hydroxyl groups is 3. The van der Waals surface area contributed by atoms with Crippen molar-refractivity contribution in [3.8, 4) is 0 Å². The van der Waals surface area contributed by atoms with E-state index in [1.165, 1.54) is 24.1 Å². The summed E-state index contributed by atoms with van der Waals surface area (Å²) in [6, 6.07) is 0. The minimum Gasteiger partial charge on any atom is -0.393 e. The lowest BCUT2D eigenvalue weighted by Crippen LogP contribution is -2.43. The van der Waals surface area contributed by atoms with Crippen LogP contribution in [0.25, 0.3) is 11.2 Å². The number of aromatic amines is 1. The zero-order valence-corrected chi connectivity index (χ0v) is 10.6. The Balaban J connectivity index is 2.09. The van der Waals surface area contributed by atoms with Gasteiger partial charge in [0.25, 0.3) is 5.56 Å². The number of aromatic nitrogens is 4. The summed E-state index contributed by atoms with van der Waals surface area (Å²) >= 11 is 0. The molecule has 108 valence electrons. The Morgan fingerprint density at radius 1 is 1.50 bits per heavy atom. The molecule has 1 saturated heterocycles. The second kappa shape index (κ2) is 4.35. The van der Waals surface area contributed by atoms with Crippen molar-refractivity contribution < 1.29 is 20.1 Å². The number of hydrogen-bond donors (Lipinski definition) is 4. The molecule has 0 aromatic carbocycles. The molecule has 0 aliphatic carbocycles. The monoisotopic (exact) mass is 282 g/mol. The van der Waals surface area contributed by atoms with E-state index in [4.69, 9.17) is 4.74 Å². The molecule has 9 nitrogen and oxygen atoms in total. The third-order valence-corrected chi connectivity index (χ3v) is 3.58. The summed E-state index contributed by atoms with van der Waals surface area (Å²) in [7, 11) is 0. The first kappa shape index (κ1) is 13.2. The molecular formula is C11H14N4O5. The Labute approximate surface area is 112 Å². The van der Waals surface area contributed by atoms with Gasteiger partial charge < -0.3 is 25.0 Å². The number of ether oxygens (including phenoxy) is 1. The van der Waals surface area contributed by atoms with Crippen molar-refractivity contribution in [2.45, 2.75) is 31.0 Å². The van der Waals surface area contributed by atoms with Crippen LogP contribution >= 0.6 is 0 Å². The topological polar surface area (TPSA) is 133 Å². The molecule has 0 radical (unpaired) electrons. The first-order valence-electron chi connectivity index (χ1n) is 6.03. The van der Waals surface area contributed by atoms with Crippen LogP contribution in [0.15, 0.2) is 17.4 Å². The van der Waals surface area contributed by atoms with Gasteiger partial charge in [0.05, 0.1) is 19.3 Å². The number of nitrogens with zero attached hydrogens (tertiary/aromatic N) is 3. The molecule has 1 aliphatic rings. The highest BCUT2D eigenvalue weighted by atomic mass is 16.6. The molecule has 0 amide bonds. The predicted octanol–water partition coefficient (Wildman–Crippen LogP) is -1.88. The predicted molar refractivity (Wildman–Crippen MR) is 65.8 cm³/mol. The summed E-state index contributed by atoms with van der Waals surface area (Å²) < 4.78 is 6.90. The third kappa shape index (κ3) is 1.68. The van der Waals surface area contributed by atoms with Gasteiger partial charge in [-0.05, 0) is 6.92 Å². The van der Waals surface area contributed by atoms with Crippen LogP contribution in [-0.4, -0.2) is 59.3 Å². The van der Waals surface area contributed by atoms with Crippen LogP contribution in [0.1, 0.15) is 13.2 Å². The quantitative estimate of drug-likeness (QED) is 0.506. The van der Waals surface area contributed by atoms with E-state index in [1.54, 1.807) is 0 Å². The van der Waals surface area contributed by atoms with Gasteiger partial charge in [0.2, 0.25) is 0 Å². The number of aliphatic hydroxyl groups excluding tert-OH is 3. The fourth-order valence-corrected chi connectivity index (χ4v) is 2.33. The van der Waals surface area contributed by atoms with E-state index in [1.807, 2.05) is 0 Å². The smallest absolute Gasteiger partial charge is 0.278 e. The molecule has 3 rings (SSSR count). The van der Waals surface area contributed by atoms with Crippen molar-refractivity contribution >= 4 is 11.2 Å². The minimum absolute atomic E-state index is 0.107. The molecule has 0 bridgehead atoms. The van der Waals surface area contributed by atoms with Gasteiger partial charge in [-0.15, -0.1) is 0 Å². The standard InChI is InChI=1S/C11H14N4O5/c1-11(2-16)7(18)6(17)10(20-11)15-4-14-5-8(15)12-3-13-9(5)19/h3-4,6-7,10,16-18H,2H2,1H3,(H,12,13,19)/t6-,7+,10-,11-/m1/s1. The Kier molecular flexibility index (Phi) is 2.87. The zero-order valence-electron chi connectivity index (χ0n) is 10.6. The Morgan fingerprint density at radius 2 is 2.25 bits per heavy atom. The van der Waals surface area contributed by atoms with E-state index in [9.17, 15) is 20.1 Å². The van der Waals surface area contributed by atoms with Crippen molar-refractivity contribution in [1.82, 2.24) is 19.5 Å². The first-order chi connectivity index (χ1) is 9.48. The molecule has 4 atom stereocenters. The lowest BCUT2D eigenvalue weighted by atomic mass is 9.99. The van der Waals surface area contributed by atoms with Gasteiger partial charge in [-0.2, -0.15) is 0 Å². The van der Waals surface area contributed by atoms with Crippen LogP contribution in [0, 0.1) is 0 Å². The van der Waals surface area contributed by atoms with Crippen LogP contribution < -0.4 is 5.56 Å². The molecule has 2 aromatic rings. The maximum absolute atomic E-state index is 11.6. The highest BCUT2D eigenvalue weighted by Gasteiger charge is 2.52. The average Bonchev–Trinajstić information content (AvgIpc) is 2.96. The molecule has 1 aliphatic heterocycles. The zero-order chi connectivity index (χ0) is 14.5. The van der Waals surface area contributed by atoms with Gasteiger partial charge in [0.1, 0.15) is 17.8 Å². The summed E-state index contributed by atoms with van der Waals surface area (Å²) in [6.07, 6.45) is -1.01. The van der Waals surface area contributed by atoms with Crippen molar-refractivity contribution in [1.29, 1.82) is 0 Å². The van der Waals surface area contributed by atoms with E-state index in [-0.39, 0.29) is 11.2 Å². The number of imidazole rings is 1. The fourth-order valence-electron chi connectivity index (χ4n) is 2.33. The Bertz CT molecular complexity index is 697. The second-order valence-electron chi connectivity index (χ2n) is 4.97. The minimum atomic E-state index is -1.29. The molecule has 3 heterocycles. The molecule has 9 heteroatoms. The summed E-state index contributed by atoms with van der Waals surface area (Å²) in [6.45, 7) is 1.03. The number of H-pyrrole nitrogens is 1. The second-order valence-corrected chi connectivity index (χ2v) is 4.97. The van der Waals surface area contributed by atoms with E-state index in [0.29, 0.717) is 0 Å². The van der Waals surface area contributed by atoms with Gasteiger partial charge in [0, 0.05) is 0 Å². The highest BCUT2D eigenvalue weighted by Crippen LogP contribution is 2.37. The molecule has 20 heavy (non-hydrogen) atoms. The molecule has 0 saturated carbocycles. The number of fused-ring (bicyclic) bond motifs is 1. The lowest BCUT2D eigenvalue weighted by molar-refractivity contribution is -0.115. The van der Waals surface area contributed by atoms with Gasteiger partial charge in [-0.25, -0.2) is 9.97 Å². The van der Waals surface area contributed by atoms with Crippen molar-refractivity contribution in [2.24, 2.45) is 0 Å². The normalized spacial score (nSPS) is 33.9. The largest absolute Gasteiger partial charge is 0.393 e. The Hall–Kier alpha value is -1.81. The molecule has 0 unspecified atom stereocenters. The van der Waals surface area contributed by atoms with Gasteiger partial charge in [0.15, 0.2) is 17.4 Å². The van der Waals surface area contributed by atoms with Crippen molar-refractivity contribution in [3.05, 3.63) is 23.0 Å². The summed E-state index contributed by atoms with van der Waals surface area (Å²) in [4.78, 5) is 21.9. The molecule has 0 spiro atoms. The van der Waals surface area contributed by atoms with Crippen LogP contribution in [-0.2, 0) is 4.74 Å². The van der Waals surface area contributed by atoms with Gasteiger partial charge >= 0.3 is 0 Å². The molecule has 4 N–H and O–H groups in total. The van der Waals surface area contributed by atoms with Gasteiger partial charge in [-0.3, -0.25) is 9.36 Å². The number of hydrogen-bond acceptors (Lipinski definition) is 7. The van der Waals surface area contributed by atoms with Gasteiger partial charge in [-0.1, -0.05) is 0 Å². The fraction of sp³-hybridized carbons (Fsp3) is 0.545. The highest BCUT2D eigenvalue weighted by molar-refractivity contribution is 5.68. The SMILES string of the molecule is C[C@]1(CO)O[C@@H](n2cnc3c(=O)[nH]cnc32)[C@H](O)[C@@H]1O. The van der Waals surface area contributed by atoms with Crippen molar-refractivity contribution in [3.63, 3.8) is 0 Å². The van der Waals surface area contributed by atoms with E-state index in [2.05, 4.69) is 15.0 Å². The van der Waals surface area contributed by atoms with Crippen LogP contribution in [0.3, 0.4) is 0 Å². The number of nitrogens with one attached hydrogen (secondary N) is 1. The van der Waals surface area contributed by atoms with E-state index >= 15 is 0 Å². The molecule has 2 aromatic heterocycles. The average molecular weight is 282 g/mol. The maximum Gasteiger partial charge on any atom is 0.278 e. The maximum atomic E-state index is 11.6. The number of rotatable bonds is 2. The Morgan fingerprint density at radius 3 is 2.90 bits per heavy atom. The van der Waals surface area contributed by atoms with Crippen molar-refractivity contribution in [2.75, 3.05) is 6.61 Å². The van der Waals surface area contributed by atoms with E-state index in [0.717, 1.165) is 0 Å². The molecular weight excluding hydrogens is 268 g/mol.